The van der Waals surface area contributed by atoms with E-state index in [2.05, 4.69) is 58.8 Å². The molecule has 0 bridgehead atoms. The fourth-order valence-corrected chi connectivity index (χ4v) is 2.97. The Bertz CT molecular complexity index is 718. The highest BCUT2D eigenvalue weighted by atomic mass is 15.1. The monoisotopic (exact) mass is 307 g/mol. The van der Waals surface area contributed by atoms with Gasteiger partial charge in [-0.15, -0.1) is 0 Å². The molecule has 0 amide bonds. The molecule has 0 saturated carbocycles. The zero-order chi connectivity index (χ0) is 15.9. The number of anilines is 1. The minimum Gasteiger partial charge on any atom is -0.356 e. The fraction of sp³-hybridized carbons (Fsp3) is 0.300. The van der Waals surface area contributed by atoms with Crippen molar-refractivity contribution in [3.05, 3.63) is 66.4 Å². The van der Waals surface area contributed by atoms with Gasteiger partial charge in [0.15, 0.2) is 0 Å². The first kappa shape index (κ1) is 15.6. The van der Waals surface area contributed by atoms with E-state index in [9.17, 15) is 0 Å². The molecule has 0 fully saturated rings. The van der Waals surface area contributed by atoms with Crippen molar-refractivity contribution in [2.24, 2.45) is 5.73 Å². The summed E-state index contributed by atoms with van der Waals surface area (Å²) in [5.41, 5.74) is 7.64. The molecule has 2 aromatic carbocycles. The van der Waals surface area contributed by atoms with Gasteiger partial charge in [-0.05, 0) is 24.8 Å². The number of nitrogens with two attached hydrogens (primary N) is 1. The van der Waals surface area contributed by atoms with E-state index < -0.39 is 0 Å². The van der Waals surface area contributed by atoms with Crippen LogP contribution >= 0.6 is 0 Å². The van der Waals surface area contributed by atoms with E-state index in [4.69, 9.17) is 5.73 Å². The maximum atomic E-state index is 6.22. The second kappa shape index (κ2) is 7.84. The molecule has 120 valence electrons. The van der Waals surface area contributed by atoms with Gasteiger partial charge in [0.25, 0.3) is 0 Å². The molecule has 0 radical (unpaired) electrons. The van der Waals surface area contributed by atoms with Crippen molar-refractivity contribution in [3.63, 3.8) is 0 Å². The Morgan fingerprint density at radius 2 is 1.70 bits per heavy atom. The largest absolute Gasteiger partial charge is 0.356 e. The lowest BCUT2D eigenvalue weighted by Gasteiger charge is -2.14. The lowest BCUT2D eigenvalue weighted by molar-refractivity contribution is 0.586. The number of nitrogens with one attached hydrogen (secondary N) is 2. The number of aryl methyl sites for hydroxylation is 1. The van der Waals surface area contributed by atoms with Crippen molar-refractivity contribution < 1.29 is 0 Å². The average Bonchev–Trinajstić information content (AvgIpc) is 2.99. The SMILES string of the molecule is NC(CCCCCc1ccccc1)Nc1[nH]cc2ccccc12. The third kappa shape index (κ3) is 4.36. The first-order valence-corrected chi connectivity index (χ1v) is 8.45. The summed E-state index contributed by atoms with van der Waals surface area (Å²) < 4.78 is 0. The van der Waals surface area contributed by atoms with E-state index in [1.165, 1.54) is 29.2 Å². The number of fused-ring (bicyclic) bond motifs is 1. The summed E-state index contributed by atoms with van der Waals surface area (Å²) in [7, 11) is 0. The van der Waals surface area contributed by atoms with E-state index in [1.807, 2.05) is 12.3 Å². The standard InChI is InChI=1S/C20H25N3/c21-19(14-6-2-5-11-16-9-3-1-4-10-16)23-20-18-13-8-7-12-17(18)15-22-20/h1,3-4,7-10,12-13,15,19,22-23H,2,5-6,11,14,21H2. The highest BCUT2D eigenvalue weighted by molar-refractivity contribution is 5.92. The Hall–Kier alpha value is -2.26. The number of H-pyrrole nitrogens is 1. The highest BCUT2D eigenvalue weighted by Gasteiger charge is 2.06. The molecule has 1 unspecified atom stereocenters. The fourth-order valence-electron chi connectivity index (χ4n) is 2.97. The van der Waals surface area contributed by atoms with Crippen LogP contribution in [0.5, 0.6) is 0 Å². The summed E-state index contributed by atoms with van der Waals surface area (Å²) in [6.45, 7) is 0. The van der Waals surface area contributed by atoms with Crippen molar-refractivity contribution in [3.8, 4) is 0 Å². The molecule has 0 aliphatic rings. The molecule has 0 saturated heterocycles. The van der Waals surface area contributed by atoms with Crippen LogP contribution in [0.2, 0.25) is 0 Å². The predicted octanol–water partition coefficient (Wildman–Crippen LogP) is 4.67. The molecule has 1 atom stereocenters. The second-order valence-corrected chi connectivity index (χ2v) is 6.09. The number of benzene rings is 2. The van der Waals surface area contributed by atoms with E-state index in [1.54, 1.807) is 0 Å². The van der Waals surface area contributed by atoms with Crippen LogP contribution in [0, 0.1) is 0 Å². The minimum atomic E-state index is -0.00576. The predicted molar refractivity (Wildman–Crippen MR) is 98.5 cm³/mol. The van der Waals surface area contributed by atoms with Crippen molar-refractivity contribution in [1.82, 2.24) is 4.98 Å². The van der Waals surface area contributed by atoms with Crippen LogP contribution in [-0.2, 0) is 6.42 Å². The molecule has 3 rings (SSSR count). The van der Waals surface area contributed by atoms with Gasteiger partial charge in [-0.2, -0.15) is 0 Å². The number of hydrogen-bond donors (Lipinski definition) is 3. The van der Waals surface area contributed by atoms with Crippen molar-refractivity contribution >= 4 is 16.6 Å². The van der Waals surface area contributed by atoms with E-state index in [0.717, 1.165) is 25.1 Å². The van der Waals surface area contributed by atoms with Crippen molar-refractivity contribution in [2.45, 2.75) is 38.3 Å². The number of aromatic nitrogens is 1. The molecule has 1 heterocycles. The number of aromatic amines is 1. The summed E-state index contributed by atoms with van der Waals surface area (Å²) in [4.78, 5) is 3.28. The van der Waals surface area contributed by atoms with Crippen molar-refractivity contribution in [1.29, 1.82) is 0 Å². The van der Waals surface area contributed by atoms with Gasteiger partial charge in [-0.25, -0.2) is 0 Å². The molecular formula is C20H25N3. The topological polar surface area (TPSA) is 53.8 Å². The summed E-state index contributed by atoms with van der Waals surface area (Å²) in [6, 6.07) is 19.0. The van der Waals surface area contributed by atoms with Gasteiger partial charge >= 0.3 is 0 Å². The summed E-state index contributed by atoms with van der Waals surface area (Å²) in [5, 5.41) is 5.81. The number of rotatable bonds is 8. The molecule has 3 nitrogen and oxygen atoms in total. The van der Waals surface area contributed by atoms with Gasteiger partial charge in [0, 0.05) is 17.0 Å². The van der Waals surface area contributed by atoms with Crippen LogP contribution < -0.4 is 11.1 Å². The van der Waals surface area contributed by atoms with Crippen LogP contribution in [0.15, 0.2) is 60.8 Å². The Kier molecular flexibility index (Phi) is 5.33. The smallest absolute Gasteiger partial charge is 0.112 e. The average molecular weight is 307 g/mol. The zero-order valence-electron chi connectivity index (χ0n) is 13.5. The lowest BCUT2D eigenvalue weighted by Crippen LogP contribution is -2.29. The molecule has 0 spiro atoms. The molecule has 3 heteroatoms. The Morgan fingerprint density at radius 3 is 2.57 bits per heavy atom. The van der Waals surface area contributed by atoms with E-state index in [0.29, 0.717) is 0 Å². The van der Waals surface area contributed by atoms with Crippen LogP contribution in [0.4, 0.5) is 5.82 Å². The van der Waals surface area contributed by atoms with Gasteiger partial charge in [0.2, 0.25) is 0 Å². The first-order valence-electron chi connectivity index (χ1n) is 8.45. The minimum absolute atomic E-state index is 0.00576. The van der Waals surface area contributed by atoms with Crippen LogP contribution in [0.25, 0.3) is 10.8 Å². The van der Waals surface area contributed by atoms with Gasteiger partial charge in [0.05, 0.1) is 6.17 Å². The Labute approximate surface area is 137 Å². The van der Waals surface area contributed by atoms with Crippen LogP contribution in [0.3, 0.4) is 0 Å². The quantitative estimate of drug-likeness (QED) is 0.418. The molecule has 1 aromatic heterocycles. The third-order valence-electron chi connectivity index (χ3n) is 4.26. The molecule has 23 heavy (non-hydrogen) atoms. The van der Waals surface area contributed by atoms with Crippen molar-refractivity contribution in [2.75, 3.05) is 5.32 Å². The normalized spacial score (nSPS) is 12.4. The summed E-state index contributed by atoms with van der Waals surface area (Å²) in [6.07, 6.45) is 7.75. The van der Waals surface area contributed by atoms with E-state index >= 15 is 0 Å². The van der Waals surface area contributed by atoms with Gasteiger partial charge in [-0.1, -0.05) is 67.4 Å². The highest BCUT2D eigenvalue weighted by Crippen LogP contribution is 2.22. The van der Waals surface area contributed by atoms with Gasteiger partial charge < -0.3 is 16.0 Å². The maximum Gasteiger partial charge on any atom is 0.112 e. The summed E-state index contributed by atoms with van der Waals surface area (Å²) >= 11 is 0. The summed E-state index contributed by atoms with van der Waals surface area (Å²) in [5.74, 6) is 1.03. The Balaban J connectivity index is 1.39. The lowest BCUT2D eigenvalue weighted by atomic mass is 10.1. The third-order valence-corrected chi connectivity index (χ3v) is 4.26. The molecular weight excluding hydrogens is 282 g/mol. The van der Waals surface area contributed by atoms with Gasteiger partial charge in [0.1, 0.15) is 5.82 Å². The van der Waals surface area contributed by atoms with Gasteiger partial charge in [-0.3, -0.25) is 0 Å². The zero-order valence-corrected chi connectivity index (χ0v) is 13.5. The number of hydrogen-bond acceptors (Lipinski definition) is 2. The van der Waals surface area contributed by atoms with Crippen LogP contribution in [-0.4, -0.2) is 11.1 Å². The Morgan fingerprint density at radius 1 is 0.913 bits per heavy atom. The first-order chi connectivity index (χ1) is 11.3. The molecule has 3 aromatic rings. The molecule has 0 aliphatic heterocycles. The van der Waals surface area contributed by atoms with E-state index in [-0.39, 0.29) is 6.17 Å². The second-order valence-electron chi connectivity index (χ2n) is 6.09. The van der Waals surface area contributed by atoms with Crippen LogP contribution in [0.1, 0.15) is 31.2 Å². The molecule has 4 N–H and O–H groups in total. The maximum absolute atomic E-state index is 6.22. The number of unbranched alkanes of at least 4 members (excludes halogenated alkanes) is 2. The molecule has 0 aliphatic carbocycles.